The molecule has 1 N–H and O–H groups in total. The molecule has 2 fully saturated rings. The van der Waals surface area contributed by atoms with Gasteiger partial charge in [-0.25, -0.2) is 9.59 Å². The molecule has 9 nitrogen and oxygen atoms in total. The second-order valence-electron chi connectivity index (χ2n) is 6.45. The number of carbonyl (C=O) groups is 3. The van der Waals surface area contributed by atoms with Crippen LogP contribution in [0.2, 0.25) is 0 Å². The molecule has 0 aromatic carbocycles. The molecule has 0 radical (unpaired) electrons. The Labute approximate surface area is 151 Å². The Morgan fingerprint density at radius 3 is 2.35 bits per heavy atom. The van der Waals surface area contributed by atoms with Gasteiger partial charge in [-0.2, -0.15) is 0 Å². The average Bonchev–Trinajstić information content (AvgIpc) is 3.07. The van der Waals surface area contributed by atoms with Crippen LogP contribution in [0.1, 0.15) is 13.3 Å². The number of aliphatic carboxylic acids is 1. The van der Waals surface area contributed by atoms with E-state index < -0.39 is 24.2 Å². The molecule has 1 unspecified atom stereocenters. The molecule has 2 amide bonds. The minimum Gasteiger partial charge on any atom is -0.480 e. The third kappa shape index (κ3) is 3.87. The number of rotatable bonds is 3. The maximum atomic E-state index is 12.4. The summed E-state index contributed by atoms with van der Waals surface area (Å²) < 4.78 is 5.45. The first-order chi connectivity index (χ1) is 12.5. The number of likely N-dealkylation sites (tertiary alicyclic amines) is 1. The molecule has 1 aromatic heterocycles. The molecule has 1 aromatic rings. The Hall–Kier alpha value is -2.84. The molecule has 2 atom stereocenters. The van der Waals surface area contributed by atoms with Crippen LogP contribution in [0, 0.1) is 0 Å². The number of ether oxygens (including phenoxy) is 1. The smallest absolute Gasteiger partial charge is 0.410 e. The summed E-state index contributed by atoms with van der Waals surface area (Å²) in [5.74, 6) is -1.41. The summed E-state index contributed by atoms with van der Waals surface area (Å²) in [5, 5.41) is 9.22. The van der Waals surface area contributed by atoms with E-state index >= 15 is 0 Å². The van der Waals surface area contributed by atoms with E-state index in [4.69, 9.17) is 4.74 Å². The van der Waals surface area contributed by atoms with E-state index in [2.05, 4.69) is 9.88 Å². The summed E-state index contributed by atoms with van der Waals surface area (Å²) in [6, 6.07) is 2.91. The van der Waals surface area contributed by atoms with Gasteiger partial charge in [-0.15, -0.1) is 0 Å². The van der Waals surface area contributed by atoms with Crippen LogP contribution in [0.5, 0.6) is 0 Å². The Bertz CT molecular complexity index is 653. The molecule has 0 spiro atoms. The molecule has 26 heavy (non-hydrogen) atoms. The van der Waals surface area contributed by atoms with E-state index in [1.54, 1.807) is 17.3 Å². The zero-order chi connectivity index (χ0) is 18.7. The monoisotopic (exact) mass is 362 g/mol. The van der Waals surface area contributed by atoms with Crippen LogP contribution in [-0.4, -0.2) is 82.7 Å². The van der Waals surface area contributed by atoms with E-state index in [9.17, 15) is 19.5 Å². The van der Waals surface area contributed by atoms with Gasteiger partial charge in [-0.1, -0.05) is 0 Å². The minimum absolute atomic E-state index is 0.120. The number of nitrogens with zero attached hydrogens (tertiary/aromatic N) is 4. The third-order valence-electron chi connectivity index (χ3n) is 4.79. The van der Waals surface area contributed by atoms with Crippen molar-refractivity contribution >= 4 is 23.7 Å². The molecule has 0 aliphatic carbocycles. The number of carbonyl (C=O) groups excluding carboxylic acids is 2. The van der Waals surface area contributed by atoms with Crippen molar-refractivity contribution in [3.63, 3.8) is 0 Å². The van der Waals surface area contributed by atoms with Crippen molar-refractivity contribution in [3.8, 4) is 0 Å². The molecule has 3 heterocycles. The fraction of sp³-hybridized carbons (Fsp3) is 0.529. The van der Waals surface area contributed by atoms with Crippen LogP contribution in [0.15, 0.2) is 24.5 Å². The maximum absolute atomic E-state index is 12.4. The molecule has 2 aliphatic heterocycles. The number of anilines is 1. The molecule has 2 aliphatic rings. The summed E-state index contributed by atoms with van der Waals surface area (Å²) in [5.41, 5.74) is 1.06. The van der Waals surface area contributed by atoms with Crippen LogP contribution in [-0.2, 0) is 14.3 Å². The van der Waals surface area contributed by atoms with Gasteiger partial charge >= 0.3 is 12.1 Å². The van der Waals surface area contributed by atoms with E-state index in [0.29, 0.717) is 26.2 Å². The van der Waals surface area contributed by atoms with Crippen molar-refractivity contribution in [2.75, 3.05) is 37.6 Å². The summed E-state index contributed by atoms with van der Waals surface area (Å²) in [6.45, 7) is 3.84. The molecular weight excluding hydrogens is 340 g/mol. The Kier molecular flexibility index (Phi) is 5.24. The maximum Gasteiger partial charge on any atom is 0.410 e. The van der Waals surface area contributed by atoms with Crippen molar-refractivity contribution in [2.45, 2.75) is 25.5 Å². The number of amides is 2. The lowest BCUT2D eigenvalue weighted by Crippen LogP contribution is -2.49. The van der Waals surface area contributed by atoms with Crippen LogP contribution in [0.3, 0.4) is 0 Å². The standard InChI is InChI=1S/C17H22N4O5/c1-12(22)21-11-14(10-15(21)16(23)24)26-17(25)20-8-6-19(7-9-20)13-2-4-18-5-3-13/h2-5,14-15H,6-11H2,1H3,(H,23,24)/t14?,15-/m0/s1. The zero-order valence-electron chi connectivity index (χ0n) is 14.6. The molecule has 2 saturated heterocycles. The number of carboxylic acid groups (broad SMARTS) is 1. The first kappa shape index (κ1) is 18.0. The van der Waals surface area contributed by atoms with Gasteiger partial charge in [0, 0.05) is 57.6 Å². The van der Waals surface area contributed by atoms with Crippen molar-refractivity contribution in [1.29, 1.82) is 0 Å². The minimum atomic E-state index is -1.08. The second kappa shape index (κ2) is 7.59. The highest BCUT2D eigenvalue weighted by molar-refractivity contribution is 5.83. The quantitative estimate of drug-likeness (QED) is 0.831. The molecule has 0 bridgehead atoms. The number of hydrogen-bond donors (Lipinski definition) is 1. The number of carboxylic acids is 1. The predicted molar refractivity (Wildman–Crippen MR) is 91.7 cm³/mol. The van der Waals surface area contributed by atoms with Gasteiger partial charge in [-0.05, 0) is 12.1 Å². The fourth-order valence-corrected chi connectivity index (χ4v) is 3.38. The normalized spacial score (nSPS) is 23.0. The predicted octanol–water partition coefficient (Wildman–Crippen LogP) is 0.414. The lowest BCUT2D eigenvalue weighted by molar-refractivity contribution is -0.147. The van der Waals surface area contributed by atoms with Crippen molar-refractivity contribution in [3.05, 3.63) is 24.5 Å². The van der Waals surface area contributed by atoms with E-state index in [1.165, 1.54) is 11.8 Å². The van der Waals surface area contributed by atoms with Gasteiger partial charge in [0.1, 0.15) is 12.1 Å². The zero-order valence-corrected chi connectivity index (χ0v) is 14.6. The van der Waals surface area contributed by atoms with Gasteiger partial charge in [-0.3, -0.25) is 9.78 Å². The van der Waals surface area contributed by atoms with Crippen LogP contribution in [0.25, 0.3) is 0 Å². The summed E-state index contributed by atoms with van der Waals surface area (Å²) in [4.78, 5) is 44.2. The molecule has 9 heteroatoms. The molecule has 3 rings (SSSR count). The first-order valence-electron chi connectivity index (χ1n) is 8.56. The van der Waals surface area contributed by atoms with E-state index in [1.807, 2.05) is 12.1 Å². The van der Waals surface area contributed by atoms with Crippen molar-refractivity contribution < 1.29 is 24.2 Å². The summed E-state index contributed by atoms with van der Waals surface area (Å²) in [7, 11) is 0. The number of hydrogen-bond acceptors (Lipinski definition) is 6. The number of piperazine rings is 1. The van der Waals surface area contributed by atoms with E-state index in [-0.39, 0.29) is 18.9 Å². The van der Waals surface area contributed by atoms with Gasteiger partial charge in [0.05, 0.1) is 6.54 Å². The van der Waals surface area contributed by atoms with Crippen molar-refractivity contribution in [2.24, 2.45) is 0 Å². The third-order valence-corrected chi connectivity index (χ3v) is 4.79. The topological polar surface area (TPSA) is 103 Å². The molecule has 140 valence electrons. The number of aromatic nitrogens is 1. The Morgan fingerprint density at radius 2 is 1.81 bits per heavy atom. The highest BCUT2D eigenvalue weighted by Gasteiger charge is 2.40. The Balaban J connectivity index is 1.52. The highest BCUT2D eigenvalue weighted by Crippen LogP contribution is 2.22. The van der Waals surface area contributed by atoms with Gasteiger partial charge in [0.25, 0.3) is 0 Å². The fourth-order valence-electron chi connectivity index (χ4n) is 3.38. The van der Waals surface area contributed by atoms with Crippen LogP contribution in [0.4, 0.5) is 10.5 Å². The summed E-state index contributed by atoms with van der Waals surface area (Å²) >= 11 is 0. The first-order valence-corrected chi connectivity index (χ1v) is 8.56. The lowest BCUT2D eigenvalue weighted by atomic mass is 10.2. The second-order valence-corrected chi connectivity index (χ2v) is 6.45. The van der Waals surface area contributed by atoms with E-state index in [0.717, 1.165) is 5.69 Å². The van der Waals surface area contributed by atoms with Gasteiger partial charge < -0.3 is 24.5 Å². The largest absolute Gasteiger partial charge is 0.480 e. The summed E-state index contributed by atoms with van der Waals surface area (Å²) in [6.07, 6.45) is 2.54. The Morgan fingerprint density at radius 1 is 1.15 bits per heavy atom. The van der Waals surface area contributed by atoms with Gasteiger partial charge in [0.15, 0.2) is 0 Å². The molecule has 0 saturated carbocycles. The SMILES string of the molecule is CC(=O)N1CC(OC(=O)N2CCN(c3ccncc3)CC2)C[C@H]1C(=O)O. The van der Waals surface area contributed by atoms with Crippen LogP contribution >= 0.6 is 0 Å². The lowest BCUT2D eigenvalue weighted by Gasteiger charge is -2.35. The van der Waals surface area contributed by atoms with Gasteiger partial charge in [0.2, 0.25) is 5.91 Å². The van der Waals surface area contributed by atoms with Crippen molar-refractivity contribution in [1.82, 2.24) is 14.8 Å². The average molecular weight is 362 g/mol. The highest BCUT2D eigenvalue weighted by atomic mass is 16.6. The molecular formula is C17H22N4O5. The number of pyridine rings is 1. The van der Waals surface area contributed by atoms with Crippen LogP contribution < -0.4 is 4.90 Å².